The van der Waals surface area contributed by atoms with Crippen LogP contribution in [0.1, 0.15) is 24.0 Å². The minimum atomic E-state index is 0.0836. The van der Waals surface area contributed by atoms with Crippen molar-refractivity contribution in [2.45, 2.75) is 26.0 Å². The number of hydrogen-bond acceptors (Lipinski definition) is 5. The third kappa shape index (κ3) is 9.27. The van der Waals surface area contributed by atoms with E-state index in [0.717, 1.165) is 37.3 Å². The highest BCUT2D eigenvalue weighted by Gasteiger charge is 1.99. The van der Waals surface area contributed by atoms with E-state index in [1.807, 2.05) is 30.3 Å². The molecule has 0 aromatic heterocycles. The molecule has 0 saturated heterocycles. The Balaban J connectivity index is 0.000000272. The van der Waals surface area contributed by atoms with Crippen molar-refractivity contribution in [1.82, 2.24) is 10.3 Å². The monoisotopic (exact) mass is 330 g/mol. The summed E-state index contributed by atoms with van der Waals surface area (Å²) in [4.78, 5) is 0. The smallest absolute Gasteiger partial charge is 0.0681 e. The Labute approximate surface area is 145 Å². The molecule has 5 heteroatoms. The van der Waals surface area contributed by atoms with Gasteiger partial charge in [0.1, 0.15) is 0 Å². The summed E-state index contributed by atoms with van der Waals surface area (Å²) in [5, 5.41) is 13.6. The van der Waals surface area contributed by atoms with Gasteiger partial charge in [0.25, 0.3) is 0 Å². The molecule has 0 atom stereocenters. The molecule has 5 nitrogen and oxygen atoms in total. The highest BCUT2D eigenvalue weighted by molar-refractivity contribution is 5.38. The van der Waals surface area contributed by atoms with E-state index in [9.17, 15) is 0 Å². The first kappa shape index (κ1) is 20.1. The minimum Gasteiger partial charge on any atom is -0.399 e. The molecule has 0 unspecified atom stereocenters. The average molecular weight is 330 g/mol. The number of anilines is 1. The normalized spacial score (nSPS) is 10.3. The van der Waals surface area contributed by atoms with E-state index in [1.54, 1.807) is 24.3 Å². The van der Waals surface area contributed by atoms with Crippen molar-refractivity contribution in [3.8, 4) is 0 Å². The molecule has 0 aliphatic heterocycles. The molecule has 132 valence electrons. The number of hydrogen-bond donors (Lipinski definition) is 4. The van der Waals surface area contributed by atoms with Crippen molar-refractivity contribution >= 4 is 5.69 Å². The molecule has 6 N–H and O–H groups in total. The van der Waals surface area contributed by atoms with Crippen LogP contribution in [0.3, 0.4) is 0 Å². The average Bonchev–Trinajstić information content (AvgIpc) is 2.61. The number of aliphatic hydroxyl groups excluding tert-OH is 1. The molecule has 0 aliphatic carbocycles. The third-order valence-corrected chi connectivity index (χ3v) is 3.51. The largest absolute Gasteiger partial charge is 0.399 e. The second-order valence-electron chi connectivity index (χ2n) is 5.67. The van der Waals surface area contributed by atoms with Crippen LogP contribution in [0.25, 0.3) is 0 Å². The second-order valence-corrected chi connectivity index (χ2v) is 5.67. The fourth-order valence-corrected chi connectivity index (χ4v) is 2.14. The Hall–Kier alpha value is -1.92. The van der Waals surface area contributed by atoms with Gasteiger partial charge in [-0.2, -0.15) is 0 Å². The lowest BCUT2D eigenvalue weighted by Crippen LogP contribution is -2.31. The number of nitrogens with one attached hydrogen (secondary N) is 1. The van der Waals surface area contributed by atoms with Crippen LogP contribution < -0.4 is 16.9 Å². The summed E-state index contributed by atoms with van der Waals surface area (Å²) in [6, 6.07) is 17.5. The molecular formula is C19H30N4O. The first-order chi connectivity index (χ1) is 11.7. The maximum Gasteiger partial charge on any atom is 0.0681 e. The number of hydrazine groups is 1. The number of nitrogens with two attached hydrogens (primary N) is 2. The molecule has 2 aromatic rings. The van der Waals surface area contributed by atoms with Gasteiger partial charge in [0.15, 0.2) is 0 Å². The highest BCUT2D eigenvalue weighted by Crippen LogP contribution is 2.04. The number of aliphatic hydroxyl groups is 1. The van der Waals surface area contributed by atoms with Crippen LogP contribution in [0.15, 0.2) is 54.6 Å². The Morgan fingerprint density at radius 1 is 0.958 bits per heavy atom. The Morgan fingerprint density at radius 3 is 2.21 bits per heavy atom. The van der Waals surface area contributed by atoms with Gasteiger partial charge in [-0.05, 0) is 49.7 Å². The van der Waals surface area contributed by atoms with Gasteiger partial charge in [-0.1, -0.05) is 42.5 Å². The van der Waals surface area contributed by atoms with Crippen LogP contribution >= 0.6 is 0 Å². The molecule has 2 rings (SSSR count). The SMILES string of the molecule is CNCCCCN(N)Cc1ccccc1.Nc1ccc(CO)cc1. The number of rotatable bonds is 8. The number of benzene rings is 2. The number of unbranched alkanes of at least 4 members (excludes halogenated alkanes) is 1. The van der Waals surface area contributed by atoms with Crippen molar-refractivity contribution in [3.05, 3.63) is 65.7 Å². The first-order valence-electron chi connectivity index (χ1n) is 8.29. The Kier molecular flexibility index (Phi) is 10.5. The van der Waals surface area contributed by atoms with Crippen LogP contribution in [0, 0.1) is 0 Å². The molecule has 0 fully saturated rings. The van der Waals surface area contributed by atoms with Crippen LogP contribution in [0.4, 0.5) is 5.69 Å². The lowest BCUT2D eigenvalue weighted by Gasteiger charge is -2.15. The topological polar surface area (TPSA) is 87.5 Å². The van der Waals surface area contributed by atoms with E-state index >= 15 is 0 Å². The van der Waals surface area contributed by atoms with Gasteiger partial charge in [-0.25, -0.2) is 5.01 Å². The molecule has 2 aromatic carbocycles. The quantitative estimate of drug-likeness (QED) is 0.258. The van der Waals surface area contributed by atoms with E-state index in [1.165, 1.54) is 12.0 Å². The van der Waals surface area contributed by atoms with Crippen molar-refractivity contribution < 1.29 is 5.11 Å². The predicted molar refractivity (Wildman–Crippen MR) is 101 cm³/mol. The number of nitrogen functional groups attached to an aromatic ring is 1. The zero-order chi connectivity index (χ0) is 17.6. The zero-order valence-electron chi connectivity index (χ0n) is 14.5. The molecular weight excluding hydrogens is 300 g/mol. The van der Waals surface area contributed by atoms with Gasteiger partial charge in [-0.15, -0.1) is 0 Å². The van der Waals surface area contributed by atoms with Gasteiger partial charge in [0, 0.05) is 18.8 Å². The molecule has 24 heavy (non-hydrogen) atoms. The molecule has 0 bridgehead atoms. The Bertz CT molecular complexity index is 531. The summed E-state index contributed by atoms with van der Waals surface area (Å²) in [5.74, 6) is 5.90. The lowest BCUT2D eigenvalue weighted by molar-refractivity contribution is 0.268. The van der Waals surface area contributed by atoms with E-state index < -0.39 is 0 Å². The van der Waals surface area contributed by atoms with Crippen LogP contribution in [0.5, 0.6) is 0 Å². The fraction of sp³-hybridized carbons (Fsp3) is 0.368. The summed E-state index contributed by atoms with van der Waals surface area (Å²) in [5.41, 5.74) is 8.29. The predicted octanol–water partition coefficient (Wildman–Crippen LogP) is 2.12. The summed E-state index contributed by atoms with van der Waals surface area (Å²) in [6.07, 6.45) is 2.32. The van der Waals surface area contributed by atoms with E-state index in [0.29, 0.717) is 0 Å². The minimum absolute atomic E-state index is 0.0836. The van der Waals surface area contributed by atoms with Gasteiger partial charge in [0.2, 0.25) is 0 Å². The standard InChI is InChI=1S/C12H21N3.C7H9NO/c1-14-9-5-6-10-15(13)11-12-7-3-2-4-8-12;8-7-3-1-6(5-9)2-4-7/h2-4,7-8,14H,5-6,9-11,13H2,1H3;1-4,9H,5,8H2. The van der Waals surface area contributed by atoms with E-state index in [-0.39, 0.29) is 6.61 Å². The number of nitrogens with zero attached hydrogens (tertiary/aromatic N) is 1. The van der Waals surface area contributed by atoms with E-state index in [4.69, 9.17) is 16.7 Å². The molecule has 0 radical (unpaired) electrons. The molecule has 0 saturated carbocycles. The third-order valence-electron chi connectivity index (χ3n) is 3.51. The Morgan fingerprint density at radius 2 is 1.62 bits per heavy atom. The van der Waals surface area contributed by atoms with Crippen molar-refractivity contribution in [3.63, 3.8) is 0 Å². The molecule has 0 spiro atoms. The van der Waals surface area contributed by atoms with Gasteiger partial charge < -0.3 is 16.2 Å². The molecule has 0 amide bonds. The van der Waals surface area contributed by atoms with Crippen molar-refractivity contribution in [2.24, 2.45) is 5.84 Å². The maximum absolute atomic E-state index is 8.59. The summed E-state index contributed by atoms with van der Waals surface area (Å²) >= 11 is 0. The molecule has 0 aliphatic rings. The van der Waals surface area contributed by atoms with Crippen LogP contribution in [-0.2, 0) is 13.2 Å². The second kappa shape index (κ2) is 12.5. The fourth-order valence-electron chi connectivity index (χ4n) is 2.14. The first-order valence-corrected chi connectivity index (χ1v) is 8.29. The highest BCUT2D eigenvalue weighted by atomic mass is 16.3. The lowest BCUT2D eigenvalue weighted by atomic mass is 10.2. The summed E-state index contributed by atoms with van der Waals surface area (Å²) in [7, 11) is 1.98. The summed E-state index contributed by atoms with van der Waals surface area (Å²) < 4.78 is 0. The van der Waals surface area contributed by atoms with Crippen molar-refractivity contribution in [1.29, 1.82) is 0 Å². The van der Waals surface area contributed by atoms with E-state index in [2.05, 4.69) is 17.4 Å². The van der Waals surface area contributed by atoms with Crippen LogP contribution in [-0.4, -0.2) is 30.3 Å². The van der Waals surface area contributed by atoms with Crippen LogP contribution in [0.2, 0.25) is 0 Å². The zero-order valence-corrected chi connectivity index (χ0v) is 14.5. The summed E-state index contributed by atoms with van der Waals surface area (Å²) in [6.45, 7) is 2.94. The van der Waals surface area contributed by atoms with Gasteiger partial charge >= 0.3 is 0 Å². The van der Waals surface area contributed by atoms with Crippen molar-refractivity contribution in [2.75, 3.05) is 25.9 Å². The van der Waals surface area contributed by atoms with Gasteiger partial charge in [-0.3, -0.25) is 5.84 Å². The molecule has 0 heterocycles. The van der Waals surface area contributed by atoms with Gasteiger partial charge in [0.05, 0.1) is 6.61 Å². The maximum atomic E-state index is 8.59.